The molecule has 0 radical (unpaired) electrons. The molecule has 0 aliphatic heterocycles. The second-order valence-electron chi connectivity index (χ2n) is 3.87. The molecule has 0 heterocycles. The van der Waals surface area contributed by atoms with Gasteiger partial charge in [-0.3, -0.25) is 4.79 Å². The first-order valence-corrected chi connectivity index (χ1v) is 7.71. The molecule has 102 valence electrons. The molecule has 0 bridgehead atoms. The first-order chi connectivity index (χ1) is 7.87. The minimum Gasteiger partial charge on any atom is -0.382 e. The van der Waals surface area contributed by atoms with Crippen LogP contribution in [0.5, 0.6) is 0 Å². The fourth-order valence-electron chi connectivity index (χ4n) is 1.13. The lowest BCUT2D eigenvalue weighted by molar-refractivity contribution is -0.122. The van der Waals surface area contributed by atoms with E-state index in [0.29, 0.717) is 19.8 Å². The molecule has 7 heteroatoms. The van der Waals surface area contributed by atoms with Crippen molar-refractivity contribution in [3.8, 4) is 0 Å². The van der Waals surface area contributed by atoms with Crippen LogP contribution in [-0.4, -0.2) is 52.1 Å². The van der Waals surface area contributed by atoms with Crippen molar-refractivity contribution in [1.82, 2.24) is 5.32 Å². The molecule has 0 fully saturated rings. The Kier molecular flexibility index (Phi) is 8.11. The van der Waals surface area contributed by atoms with Crippen LogP contribution < -0.4 is 11.1 Å². The third kappa shape index (κ3) is 10.2. The summed E-state index contributed by atoms with van der Waals surface area (Å²) in [5.41, 5.74) is 5.56. The average molecular weight is 266 g/mol. The summed E-state index contributed by atoms with van der Waals surface area (Å²) < 4.78 is 26.9. The van der Waals surface area contributed by atoms with Crippen molar-refractivity contribution in [1.29, 1.82) is 0 Å². The van der Waals surface area contributed by atoms with Crippen LogP contribution in [0.1, 0.15) is 19.8 Å². The average Bonchev–Trinajstić information content (AvgIpc) is 2.24. The highest BCUT2D eigenvalue weighted by molar-refractivity contribution is 7.90. The molecule has 0 aromatic heterocycles. The van der Waals surface area contributed by atoms with Gasteiger partial charge in [-0.05, 0) is 19.8 Å². The number of hydrogen-bond donors (Lipinski definition) is 2. The molecule has 1 amide bonds. The summed E-state index contributed by atoms with van der Waals surface area (Å²) in [4.78, 5) is 11.4. The van der Waals surface area contributed by atoms with E-state index >= 15 is 0 Å². The molecule has 0 rings (SSSR count). The van der Waals surface area contributed by atoms with E-state index in [2.05, 4.69) is 5.32 Å². The minimum absolute atomic E-state index is 0.0689. The van der Waals surface area contributed by atoms with E-state index in [4.69, 9.17) is 10.5 Å². The van der Waals surface area contributed by atoms with Crippen LogP contribution in [0.2, 0.25) is 0 Å². The number of nitrogens with one attached hydrogen (secondary N) is 1. The van der Waals surface area contributed by atoms with E-state index in [1.165, 1.54) is 0 Å². The van der Waals surface area contributed by atoms with Gasteiger partial charge in [-0.25, -0.2) is 8.42 Å². The lowest BCUT2D eigenvalue weighted by Gasteiger charge is -2.11. The maximum Gasteiger partial charge on any atom is 0.236 e. The first kappa shape index (κ1) is 16.3. The zero-order valence-corrected chi connectivity index (χ0v) is 11.3. The highest BCUT2D eigenvalue weighted by Crippen LogP contribution is 1.94. The highest BCUT2D eigenvalue weighted by Gasteiger charge is 2.15. The van der Waals surface area contributed by atoms with Gasteiger partial charge in [-0.15, -0.1) is 0 Å². The smallest absolute Gasteiger partial charge is 0.236 e. The Balaban J connectivity index is 3.68. The normalized spacial score (nSPS) is 13.4. The summed E-state index contributed by atoms with van der Waals surface area (Å²) in [6.45, 7) is 3.64. The topological polar surface area (TPSA) is 98.5 Å². The number of sulfone groups is 1. The van der Waals surface area contributed by atoms with Gasteiger partial charge in [0.25, 0.3) is 0 Å². The molecule has 1 unspecified atom stereocenters. The molecule has 0 saturated carbocycles. The minimum atomic E-state index is -3.07. The summed E-state index contributed by atoms with van der Waals surface area (Å²) in [6, 6.07) is -0.767. The SMILES string of the molecule is CCOCCCNC(=O)C(N)CCS(C)(=O)=O. The number of carbonyl (C=O) groups excluding carboxylic acids is 1. The van der Waals surface area contributed by atoms with Crippen molar-refractivity contribution in [2.24, 2.45) is 5.73 Å². The van der Waals surface area contributed by atoms with Crippen LogP contribution in [0, 0.1) is 0 Å². The van der Waals surface area contributed by atoms with E-state index in [0.717, 1.165) is 12.7 Å². The van der Waals surface area contributed by atoms with Gasteiger partial charge >= 0.3 is 0 Å². The molecule has 0 aromatic rings. The monoisotopic (exact) mass is 266 g/mol. The highest BCUT2D eigenvalue weighted by atomic mass is 32.2. The van der Waals surface area contributed by atoms with Crippen LogP contribution >= 0.6 is 0 Å². The Morgan fingerprint density at radius 2 is 2.12 bits per heavy atom. The molecule has 0 saturated heterocycles. The number of amides is 1. The van der Waals surface area contributed by atoms with Gasteiger partial charge in [0.2, 0.25) is 5.91 Å². The van der Waals surface area contributed by atoms with Crippen LogP contribution in [0.15, 0.2) is 0 Å². The standard InChI is InChI=1S/C10H22N2O4S/c1-3-16-7-4-6-12-10(13)9(11)5-8-17(2,14)15/h9H,3-8,11H2,1-2H3,(H,12,13). The fraction of sp³-hybridized carbons (Fsp3) is 0.900. The quantitative estimate of drug-likeness (QED) is 0.537. The second-order valence-corrected chi connectivity index (χ2v) is 6.13. The zero-order chi connectivity index (χ0) is 13.3. The number of hydrogen-bond acceptors (Lipinski definition) is 5. The van der Waals surface area contributed by atoms with E-state index in [-0.39, 0.29) is 18.1 Å². The molecule has 0 spiro atoms. The maximum atomic E-state index is 11.4. The summed E-state index contributed by atoms with van der Waals surface area (Å²) in [7, 11) is -3.07. The number of rotatable bonds is 9. The lowest BCUT2D eigenvalue weighted by atomic mass is 10.2. The molecule has 1 atom stereocenters. The Morgan fingerprint density at radius 3 is 2.65 bits per heavy atom. The molecule has 0 aliphatic carbocycles. The molecule has 6 nitrogen and oxygen atoms in total. The predicted molar refractivity (Wildman–Crippen MR) is 66.4 cm³/mol. The zero-order valence-electron chi connectivity index (χ0n) is 10.4. The second kappa shape index (κ2) is 8.43. The van der Waals surface area contributed by atoms with E-state index < -0.39 is 15.9 Å². The van der Waals surface area contributed by atoms with Gasteiger partial charge in [-0.2, -0.15) is 0 Å². The van der Waals surface area contributed by atoms with Crippen molar-refractivity contribution in [2.75, 3.05) is 31.8 Å². The summed E-state index contributed by atoms with van der Waals surface area (Å²) in [6.07, 6.45) is 1.99. The largest absolute Gasteiger partial charge is 0.382 e. The number of carbonyl (C=O) groups is 1. The molecular formula is C10H22N2O4S. The summed E-state index contributed by atoms with van der Waals surface area (Å²) >= 11 is 0. The van der Waals surface area contributed by atoms with Gasteiger partial charge < -0.3 is 15.8 Å². The molecule has 0 aromatic carbocycles. The van der Waals surface area contributed by atoms with E-state index in [1.807, 2.05) is 6.92 Å². The molecule has 0 aliphatic rings. The summed E-state index contributed by atoms with van der Waals surface area (Å²) in [5.74, 6) is -0.384. The number of ether oxygens (including phenoxy) is 1. The number of nitrogens with two attached hydrogens (primary N) is 1. The van der Waals surface area contributed by atoms with Crippen LogP contribution in [0.4, 0.5) is 0 Å². The summed E-state index contributed by atoms with van der Waals surface area (Å²) in [5, 5.41) is 2.64. The van der Waals surface area contributed by atoms with Gasteiger partial charge in [0.15, 0.2) is 0 Å². The van der Waals surface area contributed by atoms with Gasteiger partial charge in [0.1, 0.15) is 9.84 Å². The van der Waals surface area contributed by atoms with E-state index in [9.17, 15) is 13.2 Å². The molecule has 17 heavy (non-hydrogen) atoms. The Labute approximate surface area is 103 Å². The van der Waals surface area contributed by atoms with Crippen LogP contribution in [0.25, 0.3) is 0 Å². The Bertz CT molecular complexity index is 316. The first-order valence-electron chi connectivity index (χ1n) is 5.65. The van der Waals surface area contributed by atoms with Crippen molar-refractivity contribution in [2.45, 2.75) is 25.8 Å². The van der Waals surface area contributed by atoms with Crippen molar-refractivity contribution in [3.63, 3.8) is 0 Å². The maximum absolute atomic E-state index is 11.4. The molecule has 3 N–H and O–H groups in total. The van der Waals surface area contributed by atoms with Crippen LogP contribution in [-0.2, 0) is 19.4 Å². The van der Waals surface area contributed by atoms with Crippen molar-refractivity contribution < 1.29 is 17.9 Å². The molecular weight excluding hydrogens is 244 g/mol. The third-order valence-electron chi connectivity index (χ3n) is 2.11. The fourth-order valence-corrected chi connectivity index (χ4v) is 1.82. The van der Waals surface area contributed by atoms with Crippen molar-refractivity contribution in [3.05, 3.63) is 0 Å². The Hall–Kier alpha value is -0.660. The predicted octanol–water partition coefficient (Wildman–Crippen LogP) is -0.709. The third-order valence-corrected chi connectivity index (χ3v) is 3.08. The van der Waals surface area contributed by atoms with Gasteiger partial charge in [-0.1, -0.05) is 0 Å². The van der Waals surface area contributed by atoms with Gasteiger partial charge in [0.05, 0.1) is 11.8 Å². The Morgan fingerprint density at radius 1 is 1.47 bits per heavy atom. The van der Waals surface area contributed by atoms with Crippen LogP contribution in [0.3, 0.4) is 0 Å². The lowest BCUT2D eigenvalue weighted by Crippen LogP contribution is -2.42. The van der Waals surface area contributed by atoms with E-state index in [1.54, 1.807) is 0 Å². The van der Waals surface area contributed by atoms with Crippen molar-refractivity contribution >= 4 is 15.7 Å². The van der Waals surface area contributed by atoms with Gasteiger partial charge in [0, 0.05) is 26.0 Å².